The van der Waals surface area contributed by atoms with E-state index in [0.29, 0.717) is 11.5 Å². The Morgan fingerprint density at radius 1 is 1.25 bits per heavy atom. The fraction of sp³-hybridized carbons (Fsp3) is 0.520. The van der Waals surface area contributed by atoms with E-state index in [1.165, 1.54) is 30.0 Å². The number of anilines is 2. The zero-order valence-corrected chi connectivity index (χ0v) is 20.1. The molecule has 3 aromatic rings. The van der Waals surface area contributed by atoms with E-state index in [-0.39, 0.29) is 35.8 Å². The van der Waals surface area contributed by atoms with Crippen molar-refractivity contribution in [1.82, 2.24) is 19.7 Å². The van der Waals surface area contributed by atoms with Crippen LogP contribution in [0.15, 0.2) is 35.2 Å². The Labute approximate surface area is 207 Å². The zero-order chi connectivity index (χ0) is 25.2. The molecule has 192 valence electrons. The lowest BCUT2D eigenvalue weighted by molar-refractivity contribution is 0.102. The second-order valence-electron chi connectivity index (χ2n) is 9.78. The summed E-state index contributed by atoms with van der Waals surface area (Å²) in [5, 5.41) is 15.9. The number of aliphatic hydroxyl groups excluding tert-OH is 1. The lowest BCUT2D eigenvalue weighted by Crippen LogP contribution is -2.20. The molecule has 0 aromatic carbocycles. The van der Waals surface area contributed by atoms with Crippen molar-refractivity contribution in [3.05, 3.63) is 42.2 Å². The van der Waals surface area contributed by atoms with Crippen LogP contribution in [-0.4, -0.2) is 51.0 Å². The van der Waals surface area contributed by atoms with Crippen molar-refractivity contribution in [3.8, 4) is 11.5 Å². The molecule has 36 heavy (non-hydrogen) atoms. The van der Waals surface area contributed by atoms with E-state index in [2.05, 4.69) is 25.3 Å². The number of aliphatic hydroxyl groups is 1. The highest BCUT2D eigenvalue weighted by molar-refractivity contribution is 6.03. The molecule has 0 aliphatic heterocycles. The van der Waals surface area contributed by atoms with Gasteiger partial charge in [-0.1, -0.05) is 0 Å². The van der Waals surface area contributed by atoms with Gasteiger partial charge in [-0.3, -0.25) is 9.48 Å². The quantitative estimate of drug-likeness (QED) is 0.439. The highest BCUT2D eigenvalue weighted by atomic mass is 19.3. The molecule has 1 amide bonds. The number of carbonyl (C=O) groups is 1. The molecule has 0 spiro atoms. The van der Waals surface area contributed by atoms with Crippen LogP contribution in [0.2, 0.25) is 0 Å². The fourth-order valence-corrected chi connectivity index (χ4v) is 4.68. The molecule has 0 unspecified atom stereocenters. The normalized spacial score (nSPS) is 20.0. The van der Waals surface area contributed by atoms with Crippen LogP contribution in [0.4, 0.5) is 20.3 Å². The van der Waals surface area contributed by atoms with Crippen LogP contribution in [0, 0.1) is 11.8 Å². The van der Waals surface area contributed by atoms with E-state index in [4.69, 9.17) is 4.42 Å². The van der Waals surface area contributed by atoms with Crippen LogP contribution in [-0.2, 0) is 0 Å². The van der Waals surface area contributed by atoms with Crippen LogP contribution >= 0.6 is 0 Å². The van der Waals surface area contributed by atoms with E-state index in [1.54, 1.807) is 12.3 Å². The lowest BCUT2D eigenvalue weighted by atomic mass is 9.87. The number of oxazole rings is 1. The highest BCUT2D eigenvalue weighted by Crippen LogP contribution is 2.35. The SMILES string of the molecule is CN(CC1CC1)c1cc(-c2nc(C(=O)Nc3cn([C@H]4CC[C@H](CO)CC4)nc3C(F)F)co2)ccn1. The number of halogens is 2. The van der Waals surface area contributed by atoms with Gasteiger partial charge in [0.25, 0.3) is 12.3 Å². The fourth-order valence-electron chi connectivity index (χ4n) is 4.68. The smallest absolute Gasteiger partial charge is 0.284 e. The molecule has 2 saturated carbocycles. The van der Waals surface area contributed by atoms with E-state index in [9.17, 15) is 18.7 Å². The van der Waals surface area contributed by atoms with Crippen LogP contribution in [0.25, 0.3) is 11.5 Å². The number of hydrogen-bond acceptors (Lipinski definition) is 7. The molecule has 0 bridgehead atoms. The van der Waals surface area contributed by atoms with Crippen LogP contribution < -0.4 is 10.2 Å². The summed E-state index contributed by atoms with van der Waals surface area (Å²) in [6, 6.07) is 3.54. The summed E-state index contributed by atoms with van der Waals surface area (Å²) in [4.78, 5) is 23.6. The largest absolute Gasteiger partial charge is 0.444 e. The monoisotopic (exact) mass is 500 g/mol. The van der Waals surface area contributed by atoms with Gasteiger partial charge in [-0.15, -0.1) is 0 Å². The Hall–Kier alpha value is -3.34. The summed E-state index contributed by atoms with van der Waals surface area (Å²) in [6.07, 6.45) is 7.04. The Morgan fingerprint density at radius 3 is 2.69 bits per heavy atom. The van der Waals surface area contributed by atoms with Crippen molar-refractivity contribution in [2.45, 2.75) is 51.0 Å². The number of aromatic nitrogens is 4. The first kappa shape index (κ1) is 24.4. The van der Waals surface area contributed by atoms with Crippen molar-refractivity contribution >= 4 is 17.4 Å². The van der Waals surface area contributed by atoms with Gasteiger partial charge in [0.05, 0.1) is 11.7 Å². The van der Waals surface area contributed by atoms with Gasteiger partial charge >= 0.3 is 0 Å². The van der Waals surface area contributed by atoms with Crippen molar-refractivity contribution in [2.75, 3.05) is 30.4 Å². The van der Waals surface area contributed by atoms with Gasteiger partial charge in [0.1, 0.15) is 12.1 Å². The molecule has 0 saturated heterocycles. The summed E-state index contributed by atoms with van der Waals surface area (Å²) >= 11 is 0. The molecule has 0 atom stereocenters. The van der Waals surface area contributed by atoms with Crippen molar-refractivity contribution in [2.24, 2.45) is 11.8 Å². The second kappa shape index (κ2) is 10.3. The number of nitrogens with zero attached hydrogens (tertiary/aromatic N) is 5. The van der Waals surface area contributed by atoms with Gasteiger partial charge in [-0.05, 0) is 62.5 Å². The highest BCUT2D eigenvalue weighted by Gasteiger charge is 2.27. The summed E-state index contributed by atoms with van der Waals surface area (Å²) in [5.41, 5.74) is 0.123. The van der Waals surface area contributed by atoms with Crippen molar-refractivity contribution in [1.29, 1.82) is 0 Å². The number of rotatable bonds is 9. The maximum atomic E-state index is 13.7. The topological polar surface area (TPSA) is 109 Å². The minimum atomic E-state index is -2.84. The molecule has 0 radical (unpaired) electrons. The van der Waals surface area contributed by atoms with Gasteiger partial charge in [-0.25, -0.2) is 18.7 Å². The molecule has 3 aromatic heterocycles. The molecule has 2 aliphatic rings. The number of alkyl halides is 2. The molecule has 2 aliphatic carbocycles. The Balaban J connectivity index is 1.29. The predicted octanol–water partition coefficient (Wildman–Crippen LogP) is 4.69. The number of hydrogen-bond donors (Lipinski definition) is 2. The lowest BCUT2D eigenvalue weighted by Gasteiger charge is -2.27. The Kier molecular flexibility index (Phi) is 6.99. The van der Waals surface area contributed by atoms with E-state index < -0.39 is 18.0 Å². The average Bonchev–Trinajstić information content (AvgIpc) is 3.39. The Morgan fingerprint density at radius 2 is 2.00 bits per heavy atom. The van der Waals surface area contributed by atoms with E-state index in [0.717, 1.165) is 38.0 Å². The number of amides is 1. The molecule has 2 N–H and O–H groups in total. The summed E-state index contributed by atoms with van der Waals surface area (Å²) in [5.74, 6) is 1.31. The maximum Gasteiger partial charge on any atom is 0.284 e. The van der Waals surface area contributed by atoms with Crippen LogP contribution in [0.1, 0.15) is 67.2 Å². The molecule has 3 heterocycles. The van der Waals surface area contributed by atoms with Gasteiger partial charge in [-0.2, -0.15) is 5.10 Å². The van der Waals surface area contributed by atoms with Gasteiger partial charge in [0.15, 0.2) is 11.4 Å². The van der Waals surface area contributed by atoms with E-state index >= 15 is 0 Å². The average molecular weight is 501 g/mol. The molecule has 2 fully saturated rings. The molecular formula is C25H30F2N6O3. The second-order valence-corrected chi connectivity index (χ2v) is 9.78. The Bertz CT molecular complexity index is 1200. The number of pyridine rings is 1. The van der Waals surface area contributed by atoms with E-state index in [1.807, 2.05) is 13.1 Å². The predicted molar refractivity (Wildman–Crippen MR) is 129 cm³/mol. The summed E-state index contributed by atoms with van der Waals surface area (Å²) < 4.78 is 34.4. The first-order chi connectivity index (χ1) is 17.4. The maximum absolute atomic E-state index is 13.7. The third kappa shape index (κ3) is 5.40. The summed E-state index contributed by atoms with van der Waals surface area (Å²) in [7, 11) is 1.98. The zero-order valence-electron chi connectivity index (χ0n) is 20.1. The van der Waals surface area contributed by atoms with Crippen LogP contribution in [0.5, 0.6) is 0 Å². The van der Waals surface area contributed by atoms with Crippen molar-refractivity contribution in [3.63, 3.8) is 0 Å². The minimum absolute atomic E-state index is 0.0221. The molecule has 5 rings (SSSR count). The van der Waals surface area contributed by atoms with Gasteiger partial charge in [0, 0.05) is 38.2 Å². The number of nitrogens with one attached hydrogen (secondary N) is 1. The van der Waals surface area contributed by atoms with Crippen molar-refractivity contribution < 1.29 is 23.1 Å². The van der Waals surface area contributed by atoms with Crippen LogP contribution in [0.3, 0.4) is 0 Å². The first-order valence-electron chi connectivity index (χ1n) is 12.3. The van der Waals surface area contributed by atoms with Gasteiger partial charge in [0.2, 0.25) is 5.89 Å². The molecule has 11 heteroatoms. The third-order valence-corrected chi connectivity index (χ3v) is 7.01. The summed E-state index contributed by atoms with van der Waals surface area (Å²) in [6.45, 7) is 1.06. The molecule has 9 nitrogen and oxygen atoms in total. The van der Waals surface area contributed by atoms with Gasteiger partial charge < -0.3 is 19.7 Å². The minimum Gasteiger partial charge on any atom is -0.444 e. The third-order valence-electron chi connectivity index (χ3n) is 7.01. The number of carbonyl (C=O) groups excluding carboxylic acids is 1. The standard InChI is InChI=1S/C25H30F2N6O3/c1-32(11-15-2-3-15)21-10-17(8-9-28-21)25-30-20(14-36-25)24(35)29-19-12-33(31-22(19)23(26)27)18-6-4-16(13-34)5-7-18/h8-10,12,14-16,18,23,34H,2-7,11,13H2,1H3,(H,29,35)/t16-,18-. The first-order valence-corrected chi connectivity index (χ1v) is 12.3. The molecular weight excluding hydrogens is 470 g/mol.